The zero-order valence-corrected chi connectivity index (χ0v) is 14.9. The van der Waals surface area contributed by atoms with Crippen molar-refractivity contribution in [1.82, 2.24) is 0 Å². The van der Waals surface area contributed by atoms with Gasteiger partial charge in [-0.1, -0.05) is 39.7 Å². The van der Waals surface area contributed by atoms with Crippen LogP contribution in [0.1, 0.15) is 17.2 Å². The van der Waals surface area contributed by atoms with Crippen LogP contribution in [0.25, 0.3) is 10.1 Å². The molecule has 102 valence electrons. The normalized spacial score (nSPS) is 12.8. The summed E-state index contributed by atoms with van der Waals surface area (Å²) in [6.07, 6.45) is -0.687. The van der Waals surface area contributed by atoms with E-state index in [1.807, 2.05) is 29.6 Å². The summed E-state index contributed by atoms with van der Waals surface area (Å²) >= 11 is 14.6. The molecule has 0 aliphatic carbocycles. The third-order valence-electron chi connectivity index (χ3n) is 3.08. The fraction of sp³-hybridized carbons (Fsp3) is 0.0667. The van der Waals surface area contributed by atoms with E-state index in [1.165, 1.54) is 0 Å². The van der Waals surface area contributed by atoms with Gasteiger partial charge in [0.25, 0.3) is 0 Å². The summed E-state index contributed by atoms with van der Waals surface area (Å²) in [5.41, 5.74) is 1.68. The van der Waals surface area contributed by atoms with E-state index in [0.29, 0.717) is 5.02 Å². The molecule has 5 heteroatoms. The Morgan fingerprint density at radius 1 is 1.15 bits per heavy atom. The van der Waals surface area contributed by atoms with Gasteiger partial charge in [-0.2, -0.15) is 0 Å². The largest absolute Gasteiger partial charge is 0.384 e. The Hall–Kier alpha value is -0.390. The first kappa shape index (κ1) is 14.5. The monoisotopic (exact) mass is 430 g/mol. The van der Waals surface area contributed by atoms with Crippen molar-refractivity contribution in [3.05, 3.63) is 66.9 Å². The van der Waals surface area contributed by atoms with Crippen molar-refractivity contribution >= 4 is 64.9 Å². The van der Waals surface area contributed by atoms with Gasteiger partial charge in [0.15, 0.2) is 0 Å². The molecule has 1 aromatic heterocycles. The maximum atomic E-state index is 10.6. The second-order valence-corrected chi connectivity index (χ2v) is 7.50. The van der Waals surface area contributed by atoms with E-state index in [2.05, 4.69) is 31.9 Å². The predicted octanol–water partition coefficient (Wildman–Crippen LogP) is 6.16. The Labute approximate surface area is 142 Å². The average Bonchev–Trinajstić information content (AvgIpc) is 2.82. The molecule has 0 fully saturated rings. The Kier molecular flexibility index (Phi) is 4.20. The third kappa shape index (κ3) is 2.68. The summed E-state index contributed by atoms with van der Waals surface area (Å²) in [5.74, 6) is 0. The molecule has 0 saturated carbocycles. The highest BCUT2D eigenvalue weighted by molar-refractivity contribution is 9.11. The van der Waals surface area contributed by atoms with Crippen molar-refractivity contribution in [2.45, 2.75) is 6.10 Å². The van der Waals surface area contributed by atoms with Crippen molar-refractivity contribution in [1.29, 1.82) is 0 Å². The second-order valence-electron chi connectivity index (χ2n) is 4.41. The van der Waals surface area contributed by atoms with Crippen molar-refractivity contribution in [2.75, 3.05) is 0 Å². The number of fused-ring (bicyclic) bond motifs is 1. The minimum atomic E-state index is -0.687. The lowest BCUT2D eigenvalue weighted by Crippen LogP contribution is -1.98. The average molecular weight is 433 g/mol. The molecule has 1 atom stereocenters. The zero-order chi connectivity index (χ0) is 14.3. The summed E-state index contributed by atoms with van der Waals surface area (Å²) in [6, 6.07) is 11.5. The van der Waals surface area contributed by atoms with Crippen molar-refractivity contribution in [3.8, 4) is 0 Å². The van der Waals surface area contributed by atoms with Gasteiger partial charge >= 0.3 is 0 Å². The fourth-order valence-corrected chi connectivity index (χ4v) is 4.69. The first-order valence-electron chi connectivity index (χ1n) is 5.86. The quantitative estimate of drug-likeness (QED) is 0.514. The summed E-state index contributed by atoms with van der Waals surface area (Å²) in [4.78, 5) is 0. The molecule has 1 N–H and O–H groups in total. The summed E-state index contributed by atoms with van der Waals surface area (Å²) in [7, 11) is 0. The van der Waals surface area contributed by atoms with E-state index in [0.717, 1.165) is 30.2 Å². The standard InChI is InChI=1S/C15H9Br2ClOS/c16-9-4-8(5-10(18)6-9)14(19)12-7-20-15-11(12)2-1-3-13(15)17/h1-7,14,19H. The number of hydrogen-bond acceptors (Lipinski definition) is 2. The van der Waals surface area contributed by atoms with Gasteiger partial charge in [-0.3, -0.25) is 0 Å². The van der Waals surface area contributed by atoms with Crippen LogP contribution in [-0.2, 0) is 0 Å². The highest BCUT2D eigenvalue weighted by Gasteiger charge is 2.17. The zero-order valence-electron chi connectivity index (χ0n) is 10.1. The van der Waals surface area contributed by atoms with Crippen LogP contribution in [0, 0.1) is 0 Å². The molecule has 0 aliphatic rings. The van der Waals surface area contributed by atoms with Crippen LogP contribution < -0.4 is 0 Å². The van der Waals surface area contributed by atoms with E-state index in [1.54, 1.807) is 23.5 Å². The molecule has 3 rings (SSSR count). The number of hydrogen-bond donors (Lipinski definition) is 1. The van der Waals surface area contributed by atoms with E-state index in [-0.39, 0.29) is 0 Å². The maximum Gasteiger partial charge on any atom is 0.106 e. The number of halogens is 3. The van der Waals surface area contributed by atoms with Crippen LogP contribution in [-0.4, -0.2) is 5.11 Å². The first-order valence-corrected chi connectivity index (χ1v) is 8.70. The van der Waals surface area contributed by atoms with Crippen LogP contribution in [0.2, 0.25) is 5.02 Å². The van der Waals surface area contributed by atoms with Gasteiger partial charge in [-0.15, -0.1) is 11.3 Å². The Balaban J connectivity index is 2.13. The van der Waals surface area contributed by atoms with Crippen LogP contribution >= 0.6 is 54.8 Å². The van der Waals surface area contributed by atoms with Crippen LogP contribution in [0.4, 0.5) is 0 Å². The fourth-order valence-electron chi connectivity index (χ4n) is 2.17. The Morgan fingerprint density at radius 3 is 2.70 bits per heavy atom. The molecule has 0 amide bonds. The van der Waals surface area contributed by atoms with E-state index in [4.69, 9.17) is 11.6 Å². The van der Waals surface area contributed by atoms with E-state index >= 15 is 0 Å². The molecule has 20 heavy (non-hydrogen) atoms. The number of benzene rings is 2. The molecular formula is C15H9Br2ClOS. The van der Waals surface area contributed by atoms with Gasteiger partial charge in [0.05, 0.1) is 0 Å². The highest BCUT2D eigenvalue weighted by Crippen LogP contribution is 2.38. The topological polar surface area (TPSA) is 20.2 Å². The first-order chi connectivity index (χ1) is 9.56. The van der Waals surface area contributed by atoms with Gasteiger partial charge in [-0.05, 0) is 56.5 Å². The van der Waals surface area contributed by atoms with Crippen molar-refractivity contribution in [2.24, 2.45) is 0 Å². The molecule has 0 saturated heterocycles. The van der Waals surface area contributed by atoms with Gasteiger partial charge in [0, 0.05) is 24.2 Å². The van der Waals surface area contributed by atoms with E-state index < -0.39 is 6.10 Å². The van der Waals surface area contributed by atoms with Gasteiger partial charge in [0.2, 0.25) is 0 Å². The number of rotatable bonds is 2. The van der Waals surface area contributed by atoms with Crippen LogP contribution in [0.15, 0.2) is 50.7 Å². The molecule has 2 aromatic carbocycles. The molecule has 0 spiro atoms. The molecule has 3 aromatic rings. The van der Waals surface area contributed by atoms with Crippen molar-refractivity contribution < 1.29 is 5.11 Å². The SMILES string of the molecule is OC(c1cc(Cl)cc(Br)c1)c1csc2c(Br)cccc12. The van der Waals surface area contributed by atoms with Crippen molar-refractivity contribution in [3.63, 3.8) is 0 Å². The lowest BCUT2D eigenvalue weighted by atomic mass is 10.0. The number of thiophene rings is 1. The van der Waals surface area contributed by atoms with Gasteiger partial charge in [0.1, 0.15) is 6.10 Å². The molecular weight excluding hydrogens is 423 g/mol. The molecule has 1 nitrogen and oxygen atoms in total. The minimum Gasteiger partial charge on any atom is -0.384 e. The lowest BCUT2D eigenvalue weighted by molar-refractivity contribution is 0.222. The Bertz CT molecular complexity index is 764. The number of aliphatic hydroxyl groups is 1. The predicted molar refractivity (Wildman–Crippen MR) is 92.7 cm³/mol. The number of aliphatic hydroxyl groups excluding tert-OH is 1. The minimum absolute atomic E-state index is 0.606. The maximum absolute atomic E-state index is 10.6. The smallest absolute Gasteiger partial charge is 0.106 e. The molecule has 1 heterocycles. The van der Waals surface area contributed by atoms with Crippen LogP contribution in [0.5, 0.6) is 0 Å². The molecule has 1 unspecified atom stereocenters. The summed E-state index contributed by atoms with van der Waals surface area (Å²) in [6.45, 7) is 0. The second kappa shape index (κ2) is 5.78. The third-order valence-corrected chi connectivity index (χ3v) is 5.72. The summed E-state index contributed by atoms with van der Waals surface area (Å²) in [5, 5.41) is 14.3. The highest BCUT2D eigenvalue weighted by atomic mass is 79.9. The van der Waals surface area contributed by atoms with E-state index in [9.17, 15) is 5.11 Å². The van der Waals surface area contributed by atoms with Crippen LogP contribution in [0.3, 0.4) is 0 Å². The Morgan fingerprint density at radius 2 is 1.95 bits per heavy atom. The lowest BCUT2D eigenvalue weighted by Gasteiger charge is -2.11. The molecule has 0 aliphatic heterocycles. The molecule has 0 radical (unpaired) electrons. The van der Waals surface area contributed by atoms with Gasteiger partial charge < -0.3 is 5.11 Å². The molecule has 0 bridgehead atoms. The van der Waals surface area contributed by atoms with Gasteiger partial charge in [-0.25, -0.2) is 0 Å². The summed E-state index contributed by atoms with van der Waals surface area (Å²) < 4.78 is 3.05.